The standard InChI is InChI=1S/C35H23BrF6N4O2/c36-17-24-12-7-13-25(14-24)28-16-29(35(40,41)42)33(21-44,32(48)45(28)19-22-8-3-1-4-9-22)30-15-27(34(37,38)39)26(18-43)31(47)46(30)20-23-10-5-2-6-11-23/h1-16,29H,17,19-20H2. The molecule has 1 aromatic heterocycles. The number of alkyl halides is 7. The van der Waals surface area contributed by atoms with Crippen LogP contribution in [0.4, 0.5) is 26.3 Å². The van der Waals surface area contributed by atoms with E-state index in [9.17, 15) is 33.3 Å². The van der Waals surface area contributed by atoms with E-state index < -0.39 is 58.5 Å². The third-order valence-electron chi connectivity index (χ3n) is 8.06. The van der Waals surface area contributed by atoms with Crippen LogP contribution in [0.5, 0.6) is 0 Å². The van der Waals surface area contributed by atoms with Crippen LogP contribution in [-0.2, 0) is 34.8 Å². The molecule has 2 unspecified atom stereocenters. The molecule has 244 valence electrons. The molecule has 0 saturated carbocycles. The maximum atomic E-state index is 15.3. The lowest BCUT2D eigenvalue weighted by atomic mass is 9.68. The largest absolute Gasteiger partial charge is 0.417 e. The molecule has 13 heteroatoms. The lowest BCUT2D eigenvalue weighted by Crippen LogP contribution is -2.58. The summed E-state index contributed by atoms with van der Waals surface area (Å²) in [6.45, 7) is -0.991. The molecule has 0 radical (unpaired) electrons. The summed E-state index contributed by atoms with van der Waals surface area (Å²) < 4.78 is 89.5. The molecule has 2 atom stereocenters. The molecule has 4 aromatic rings. The van der Waals surface area contributed by atoms with Crippen molar-refractivity contribution in [2.75, 3.05) is 0 Å². The Morgan fingerprint density at radius 1 is 0.792 bits per heavy atom. The second-order valence-corrected chi connectivity index (χ2v) is 11.6. The van der Waals surface area contributed by atoms with Crippen molar-refractivity contribution in [2.45, 2.75) is 36.2 Å². The zero-order chi connectivity index (χ0) is 34.9. The number of rotatable bonds is 7. The van der Waals surface area contributed by atoms with Gasteiger partial charge in [-0.1, -0.05) is 94.8 Å². The van der Waals surface area contributed by atoms with Crippen LogP contribution in [0, 0.1) is 28.6 Å². The molecular weight excluding hydrogens is 702 g/mol. The quantitative estimate of drug-likeness (QED) is 0.144. The van der Waals surface area contributed by atoms with Crippen molar-refractivity contribution in [1.82, 2.24) is 9.47 Å². The number of hydrogen-bond donors (Lipinski definition) is 0. The number of benzene rings is 3. The van der Waals surface area contributed by atoms with Gasteiger partial charge in [0.25, 0.3) is 11.5 Å². The van der Waals surface area contributed by atoms with Crippen LogP contribution < -0.4 is 5.56 Å². The van der Waals surface area contributed by atoms with Crippen LogP contribution in [-0.4, -0.2) is 21.6 Å². The number of carbonyl (C=O) groups is 1. The molecule has 1 aliphatic heterocycles. The first-order valence-corrected chi connectivity index (χ1v) is 15.4. The van der Waals surface area contributed by atoms with Gasteiger partial charge in [-0.2, -0.15) is 36.9 Å². The number of hydrogen-bond acceptors (Lipinski definition) is 4. The molecule has 1 aliphatic rings. The molecule has 6 nitrogen and oxygen atoms in total. The summed E-state index contributed by atoms with van der Waals surface area (Å²) in [6, 6.07) is 24.8. The number of amides is 1. The van der Waals surface area contributed by atoms with Crippen molar-refractivity contribution in [2.24, 2.45) is 5.92 Å². The Kier molecular flexibility index (Phi) is 9.38. The Balaban J connectivity index is 1.91. The van der Waals surface area contributed by atoms with Gasteiger partial charge in [0.2, 0.25) is 0 Å². The van der Waals surface area contributed by atoms with E-state index in [-0.39, 0.29) is 29.4 Å². The van der Waals surface area contributed by atoms with Crippen molar-refractivity contribution in [3.63, 3.8) is 0 Å². The SMILES string of the molecule is N#Cc1c(C(F)(F)F)cc(C2(C#N)C(=O)N(Cc3ccccc3)C(c3cccc(CBr)c3)=CC2C(F)(F)F)n(Cc2ccccc2)c1=O. The minimum Gasteiger partial charge on any atom is -0.306 e. The molecule has 5 rings (SSSR count). The number of aromatic nitrogens is 1. The molecule has 2 heterocycles. The van der Waals surface area contributed by atoms with Gasteiger partial charge in [0, 0.05) is 11.0 Å². The van der Waals surface area contributed by atoms with Crippen LogP contribution in [0.25, 0.3) is 5.70 Å². The van der Waals surface area contributed by atoms with Crippen molar-refractivity contribution in [3.8, 4) is 12.1 Å². The molecule has 0 bridgehead atoms. The average Bonchev–Trinajstić information content (AvgIpc) is 3.06. The first kappa shape index (κ1) is 34.2. The third kappa shape index (κ3) is 6.26. The van der Waals surface area contributed by atoms with Crippen LogP contribution >= 0.6 is 15.9 Å². The van der Waals surface area contributed by atoms with Crippen molar-refractivity contribution in [3.05, 3.63) is 146 Å². The molecule has 0 saturated heterocycles. The second-order valence-electron chi connectivity index (χ2n) is 11.0. The highest BCUT2D eigenvalue weighted by molar-refractivity contribution is 9.08. The van der Waals surface area contributed by atoms with E-state index in [2.05, 4.69) is 15.9 Å². The normalized spacial score (nSPS) is 18.2. The fraction of sp³-hybridized carbons (Fsp3) is 0.200. The van der Waals surface area contributed by atoms with Gasteiger partial charge in [0.05, 0.1) is 30.4 Å². The minimum atomic E-state index is -5.40. The molecule has 48 heavy (non-hydrogen) atoms. The van der Waals surface area contributed by atoms with Crippen LogP contribution in [0.3, 0.4) is 0 Å². The van der Waals surface area contributed by atoms with Crippen LogP contribution in [0.2, 0.25) is 0 Å². The molecule has 1 amide bonds. The summed E-state index contributed by atoms with van der Waals surface area (Å²) in [5.41, 5.74) is -8.07. The highest BCUT2D eigenvalue weighted by atomic mass is 79.9. The lowest BCUT2D eigenvalue weighted by Gasteiger charge is -2.44. The third-order valence-corrected chi connectivity index (χ3v) is 8.71. The maximum absolute atomic E-state index is 15.3. The molecule has 0 fully saturated rings. The highest BCUT2D eigenvalue weighted by Crippen LogP contribution is 2.50. The molecule has 0 aliphatic carbocycles. The predicted molar refractivity (Wildman–Crippen MR) is 167 cm³/mol. The van der Waals surface area contributed by atoms with Crippen molar-refractivity contribution in [1.29, 1.82) is 10.5 Å². The summed E-state index contributed by atoms with van der Waals surface area (Å²) >= 11 is 3.31. The monoisotopic (exact) mass is 724 g/mol. The number of nitrogens with zero attached hydrogens (tertiary/aromatic N) is 4. The summed E-state index contributed by atoms with van der Waals surface area (Å²) in [4.78, 5) is 29.4. The van der Waals surface area contributed by atoms with E-state index in [4.69, 9.17) is 0 Å². The number of carbonyl (C=O) groups excluding carboxylic acids is 1. The first-order valence-electron chi connectivity index (χ1n) is 14.3. The number of allylic oxidation sites excluding steroid dienone is 1. The maximum Gasteiger partial charge on any atom is 0.417 e. The van der Waals surface area contributed by atoms with Gasteiger partial charge in [-0.05, 0) is 40.5 Å². The van der Waals surface area contributed by atoms with Gasteiger partial charge in [-0.15, -0.1) is 0 Å². The molecule has 3 aromatic carbocycles. The van der Waals surface area contributed by atoms with E-state index in [1.54, 1.807) is 54.6 Å². The van der Waals surface area contributed by atoms with Crippen molar-refractivity contribution < 1.29 is 31.1 Å². The topological polar surface area (TPSA) is 89.9 Å². The molecular formula is C35H23BrF6N4O2. The number of nitriles is 2. The summed E-state index contributed by atoms with van der Waals surface area (Å²) in [7, 11) is 0. The van der Waals surface area contributed by atoms with Gasteiger partial charge in [-0.3, -0.25) is 9.59 Å². The van der Waals surface area contributed by atoms with Crippen LogP contribution in [0.15, 0.2) is 102 Å². The Morgan fingerprint density at radius 3 is 1.90 bits per heavy atom. The predicted octanol–water partition coefficient (Wildman–Crippen LogP) is 7.71. The summed E-state index contributed by atoms with van der Waals surface area (Å²) in [5, 5.41) is 20.7. The average molecular weight is 725 g/mol. The van der Waals surface area contributed by atoms with E-state index >= 15 is 13.2 Å². The molecule has 0 N–H and O–H groups in total. The fourth-order valence-corrected chi connectivity index (χ4v) is 6.18. The van der Waals surface area contributed by atoms with E-state index in [0.717, 1.165) is 4.90 Å². The van der Waals surface area contributed by atoms with E-state index in [1.807, 2.05) is 0 Å². The van der Waals surface area contributed by atoms with Crippen molar-refractivity contribution >= 4 is 27.5 Å². The number of pyridine rings is 1. The fourth-order valence-electron chi connectivity index (χ4n) is 5.83. The van der Waals surface area contributed by atoms with E-state index in [0.29, 0.717) is 27.1 Å². The second kappa shape index (κ2) is 13.2. The minimum absolute atomic E-state index is 0.160. The smallest absolute Gasteiger partial charge is 0.306 e. The summed E-state index contributed by atoms with van der Waals surface area (Å²) in [6.07, 6.45) is -10.1. The Hall–Kier alpha value is -5.14. The van der Waals surface area contributed by atoms with Gasteiger partial charge >= 0.3 is 12.4 Å². The molecule has 0 spiro atoms. The Bertz CT molecular complexity index is 2030. The zero-order valence-electron chi connectivity index (χ0n) is 24.7. The lowest BCUT2D eigenvalue weighted by molar-refractivity contribution is -0.183. The Labute approximate surface area is 278 Å². The van der Waals surface area contributed by atoms with Gasteiger partial charge in [0.1, 0.15) is 17.6 Å². The van der Waals surface area contributed by atoms with Crippen LogP contribution in [0.1, 0.15) is 39.1 Å². The van der Waals surface area contributed by atoms with E-state index in [1.165, 1.54) is 42.5 Å². The van der Waals surface area contributed by atoms with Gasteiger partial charge in [0.15, 0.2) is 5.41 Å². The highest BCUT2D eigenvalue weighted by Gasteiger charge is 2.64. The number of halogens is 7. The first-order chi connectivity index (χ1) is 22.8. The van der Waals surface area contributed by atoms with Gasteiger partial charge < -0.3 is 9.47 Å². The zero-order valence-corrected chi connectivity index (χ0v) is 26.3. The Morgan fingerprint density at radius 2 is 1.38 bits per heavy atom. The van der Waals surface area contributed by atoms with Gasteiger partial charge in [-0.25, -0.2) is 0 Å². The summed E-state index contributed by atoms with van der Waals surface area (Å²) in [5.74, 6) is -4.50.